The molecule has 128 valence electrons. The van der Waals surface area contributed by atoms with E-state index in [-0.39, 0.29) is 0 Å². The highest BCUT2D eigenvalue weighted by Crippen LogP contribution is 2.33. The maximum atomic E-state index is 5.36. The van der Waals surface area contributed by atoms with Crippen molar-refractivity contribution < 1.29 is 9.47 Å². The Morgan fingerprint density at radius 3 is 2.65 bits per heavy atom. The van der Waals surface area contributed by atoms with Gasteiger partial charge in [0.15, 0.2) is 17.5 Å². The van der Waals surface area contributed by atoms with Crippen LogP contribution in [0.5, 0.6) is 11.5 Å². The number of halogens is 1. The lowest BCUT2D eigenvalue weighted by Crippen LogP contribution is -2.39. The third-order valence-electron chi connectivity index (χ3n) is 3.74. The highest BCUT2D eigenvalue weighted by Gasteiger charge is 2.16. The van der Waals surface area contributed by atoms with E-state index in [1.54, 1.807) is 21.3 Å². The van der Waals surface area contributed by atoms with E-state index in [0.717, 1.165) is 28.3 Å². The first-order chi connectivity index (χ1) is 11.2. The van der Waals surface area contributed by atoms with Crippen LogP contribution < -0.4 is 20.1 Å². The standard InChI is InChI=1S/C16H24BrN3O2S/c1-18-16(20-10-12-5-4-6-23-12)19-9-11-7-14(21-2)15(22-3)8-13(11)17/h7-8,12H,4-6,9-10H2,1-3H3,(H2,18,19,20). The molecule has 2 N–H and O–H groups in total. The maximum absolute atomic E-state index is 5.36. The van der Waals surface area contributed by atoms with Crippen LogP contribution >= 0.6 is 27.7 Å². The van der Waals surface area contributed by atoms with E-state index in [1.165, 1.54) is 18.6 Å². The number of aliphatic imine (C=N–C) groups is 1. The molecule has 1 saturated heterocycles. The zero-order valence-corrected chi connectivity index (χ0v) is 16.2. The third-order valence-corrected chi connectivity index (χ3v) is 5.88. The number of guanidine groups is 1. The number of ether oxygens (including phenoxy) is 2. The molecule has 5 nitrogen and oxygen atoms in total. The second kappa shape index (κ2) is 9.27. The van der Waals surface area contributed by atoms with E-state index in [0.29, 0.717) is 17.5 Å². The molecule has 1 fully saturated rings. The van der Waals surface area contributed by atoms with Gasteiger partial charge >= 0.3 is 0 Å². The van der Waals surface area contributed by atoms with E-state index in [2.05, 4.69) is 31.6 Å². The Morgan fingerprint density at radius 1 is 1.30 bits per heavy atom. The Labute approximate surface area is 150 Å². The lowest BCUT2D eigenvalue weighted by Gasteiger charge is -2.16. The number of hydrogen-bond donors (Lipinski definition) is 2. The van der Waals surface area contributed by atoms with Crippen molar-refractivity contribution in [3.8, 4) is 11.5 Å². The summed E-state index contributed by atoms with van der Waals surface area (Å²) in [5.74, 6) is 3.53. The quantitative estimate of drug-likeness (QED) is 0.566. The predicted octanol–water partition coefficient (Wildman–Crippen LogP) is 3.03. The molecule has 0 radical (unpaired) electrons. The summed E-state index contributed by atoms with van der Waals surface area (Å²) in [6.45, 7) is 1.61. The van der Waals surface area contributed by atoms with E-state index in [4.69, 9.17) is 9.47 Å². The average molecular weight is 402 g/mol. The monoisotopic (exact) mass is 401 g/mol. The molecule has 1 aliphatic rings. The SMILES string of the molecule is CN=C(NCc1cc(OC)c(OC)cc1Br)NCC1CCCS1. The van der Waals surface area contributed by atoms with Gasteiger partial charge in [-0.1, -0.05) is 15.9 Å². The Morgan fingerprint density at radius 2 is 2.04 bits per heavy atom. The smallest absolute Gasteiger partial charge is 0.191 e. The summed E-state index contributed by atoms with van der Waals surface area (Å²) in [6.07, 6.45) is 2.61. The molecule has 2 rings (SSSR count). The lowest BCUT2D eigenvalue weighted by atomic mass is 10.2. The van der Waals surface area contributed by atoms with Gasteiger partial charge in [0.05, 0.1) is 14.2 Å². The van der Waals surface area contributed by atoms with Crippen molar-refractivity contribution in [2.45, 2.75) is 24.6 Å². The summed E-state index contributed by atoms with van der Waals surface area (Å²) < 4.78 is 11.6. The van der Waals surface area contributed by atoms with E-state index in [1.807, 2.05) is 23.9 Å². The Kier molecular flexibility index (Phi) is 7.36. The van der Waals surface area contributed by atoms with Crippen molar-refractivity contribution >= 4 is 33.7 Å². The maximum Gasteiger partial charge on any atom is 0.191 e. The summed E-state index contributed by atoms with van der Waals surface area (Å²) in [5.41, 5.74) is 1.08. The first-order valence-electron chi connectivity index (χ1n) is 7.64. The van der Waals surface area contributed by atoms with Crippen LogP contribution in [0.2, 0.25) is 0 Å². The number of rotatable bonds is 6. The molecule has 0 saturated carbocycles. The highest BCUT2D eigenvalue weighted by molar-refractivity contribution is 9.10. The summed E-state index contributed by atoms with van der Waals surface area (Å²) in [6, 6.07) is 3.89. The van der Waals surface area contributed by atoms with Crippen LogP contribution in [0.1, 0.15) is 18.4 Å². The van der Waals surface area contributed by atoms with E-state index in [9.17, 15) is 0 Å². The summed E-state index contributed by atoms with van der Waals surface area (Å²) in [4.78, 5) is 4.28. The molecule has 1 atom stereocenters. The minimum absolute atomic E-state index is 0.651. The summed E-state index contributed by atoms with van der Waals surface area (Å²) in [7, 11) is 5.07. The Balaban J connectivity index is 1.92. The summed E-state index contributed by atoms with van der Waals surface area (Å²) in [5, 5.41) is 7.44. The number of nitrogens with zero attached hydrogens (tertiary/aromatic N) is 1. The van der Waals surface area contributed by atoms with Gasteiger partial charge in [-0.3, -0.25) is 4.99 Å². The Bertz CT molecular complexity index is 548. The highest BCUT2D eigenvalue weighted by atomic mass is 79.9. The molecule has 0 amide bonds. The topological polar surface area (TPSA) is 54.9 Å². The van der Waals surface area contributed by atoms with Gasteiger partial charge in [-0.05, 0) is 36.3 Å². The van der Waals surface area contributed by atoms with Gasteiger partial charge < -0.3 is 20.1 Å². The molecule has 1 aromatic rings. The minimum Gasteiger partial charge on any atom is -0.493 e. The molecule has 7 heteroatoms. The van der Waals surface area contributed by atoms with Gasteiger partial charge in [-0.25, -0.2) is 0 Å². The average Bonchev–Trinajstić information content (AvgIpc) is 3.09. The number of hydrogen-bond acceptors (Lipinski definition) is 4. The molecule has 0 aliphatic carbocycles. The van der Waals surface area contributed by atoms with Gasteiger partial charge in [-0.15, -0.1) is 0 Å². The lowest BCUT2D eigenvalue weighted by molar-refractivity contribution is 0.354. The summed E-state index contributed by atoms with van der Waals surface area (Å²) >= 11 is 5.61. The molecule has 0 bridgehead atoms. The van der Waals surface area contributed by atoms with Crippen LogP contribution in [0.3, 0.4) is 0 Å². The van der Waals surface area contributed by atoms with Gasteiger partial charge in [0.2, 0.25) is 0 Å². The molecule has 1 unspecified atom stereocenters. The van der Waals surface area contributed by atoms with Crippen molar-refractivity contribution in [1.29, 1.82) is 0 Å². The zero-order valence-electron chi connectivity index (χ0n) is 13.8. The molecular weight excluding hydrogens is 378 g/mol. The molecule has 1 aliphatic heterocycles. The fourth-order valence-corrected chi connectivity index (χ4v) is 4.11. The predicted molar refractivity (Wildman–Crippen MR) is 101 cm³/mol. The van der Waals surface area contributed by atoms with Crippen LogP contribution in [0.25, 0.3) is 0 Å². The van der Waals surface area contributed by atoms with Gasteiger partial charge in [-0.2, -0.15) is 11.8 Å². The second-order valence-corrected chi connectivity index (χ2v) is 7.50. The second-order valence-electron chi connectivity index (χ2n) is 5.24. The van der Waals surface area contributed by atoms with Gasteiger partial charge in [0.1, 0.15) is 0 Å². The molecule has 1 aromatic carbocycles. The normalized spacial score (nSPS) is 17.9. The van der Waals surface area contributed by atoms with Gasteiger partial charge in [0.25, 0.3) is 0 Å². The van der Waals surface area contributed by atoms with Crippen LogP contribution in [0.15, 0.2) is 21.6 Å². The van der Waals surface area contributed by atoms with E-state index < -0.39 is 0 Å². The number of thioether (sulfide) groups is 1. The van der Waals surface area contributed by atoms with Crippen LogP contribution in [-0.2, 0) is 6.54 Å². The van der Waals surface area contributed by atoms with Crippen LogP contribution in [-0.4, -0.2) is 44.8 Å². The number of methoxy groups -OCH3 is 2. The first kappa shape index (κ1) is 18.3. The van der Waals surface area contributed by atoms with E-state index >= 15 is 0 Å². The van der Waals surface area contributed by atoms with Crippen LogP contribution in [0.4, 0.5) is 0 Å². The molecule has 1 heterocycles. The zero-order chi connectivity index (χ0) is 16.7. The minimum atomic E-state index is 0.651. The van der Waals surface area contributed by atoms with Crippen molar-refractivity contribution in [2.75, 3.05) is 33.6 Å². The Hall–Kier alpha value is -1.08. The molecule has 0 spiro atoms. The number of nitrogens with one attached hydrogen (secondary N) is 2. The van der Waals surface area contributed by atoms with Crippen molar-refractivity contribution in [1.82, 2.24) is 10.6 Å². The van der Waals surface area contributed by atoms with Crippen LogP contribution in [0, 0.1) is 0 Å². The molecule has 0 aromatic heterocycles. The molecular formula is C16H24BrN3O2S. The number of benzene rings is 1. The fourth-order valence-electron chi connectivity index (χ4n) is 2.45. The van der Waals surface area contributed by atoms with Crippen molar-refractivity contribution in [2.24, 2.45) is 4.99 Å². The first-order valence-corrected chi connectivity index (χ1v) is 9.48. The van der Waals surface area contributed by atoms with Crippen molar-refractivity contribution in [3.63, 3.8) is 0 Å². The largest absolute Gasteiger partial charge is 0.493 e. The van der Waals surface area contributed by atoms with Crippen molar-refractivity contribution in [3.05, 3.63) is 22.2 Å². The third kappa shape index (κ3) is 5.21. The fraction of sp³-hybridized carbons (Fsp3) is 0.562. The molecule has 23 heavy (non-hydrogen) atoms. The van der Waals surface area contributed by atoms with Gasteiger partial charge in [0, 0.05) is 29.9 Å².